The first kappa shape index (κ1) is 8.50. The van der Waals surface area contributed by atoms with Crippen molar-refractivity contribution in [2.45, 2.75) is 6.42 Å². The summed E-state index contributed by atoms with van der Waals surface area (Å²) in [6.45, 7) is 0. The maximum absolute atomic E-state index is 5.51. The fourth-order valence-electron chi connectivity index (χ4n) is 2.29. The Morgan fingerprint density at radius 2 is 1.73 bits per heavy atom. The Hall–Kier alpha value is -1.80. The molecule has 0 bridgehead atoms. The van der Waals surface area contributed by atoms with Crippen LogP contribution in [0.1, 0.15) is 11.1 Å². The Bertz CT molecular complexity index is 518. The number of nitrogen functional groups attached to an aromatic ring is 1. The van der Waals surface area contributed by atoms with Crippen LogP contribution in [0.5, 0.6) is 0 Å². The van der Waals surface area contributed by atoms with E-state index >= 15 is 0 Å². The SMILES string of the molecule is NNc1cccc2c1Cc1ccccc1-2. The van der Waals surface area contributed by atoms with Crippen molar-refractivity contribution in [1.29, 1.82) is 0 Å². The van der Waals surface area contributed by atoms with E-state index in [-0.39, 0.29) is 0 Å². The van der Waals surface area contributed by atoms with Gasteiger partial charge in [0.05, 0.1) is 5.69 Å². The molecule has 1 aliphatic rings. The van der Waals surface area contributed by atoms with Crippen molar-refractivity contribution in [3.05, 3.63) is 53.6 Å². The van der Waals surface area contributed by atoms with Gasteiger partial charge in [-0.15, -0.1) is 0 Å². The second-order valence-electron chi connectivity index (χ2n) is 3.81. The minimum absolute atomic E-state index is 0.978. The van der Waals surface area contributed by atoms with E-state index < -0.39 is 0 Å². The molecule has 0 unspecified atom stereocenters. The van der Waals surface area contributed by atoms with Gasteiger partial charge in [0.2, 0.25) is 0 Å². The summed E-state index contributed by atoms with van der Waals surface area (Å²) >= 11 is 0. The third-order valence-electron chi connectivity index (χ3n) is 3.01. The van der Waals surface area contributed by atoms with Gasteiger partial charge in [-0.1, -0.05) is 36.4 Å². The summed E-state index contributed by atoms with van der Waals surface area (Å²) < 4.78 is 0. The number of anilines is 1. The standard InChI is InChI=1S/C13H12N2/c14-15-13-7-3-6-11-10-5-2-1-4-9(10)8-12(11)13/h1-7,15H,8,14H2. The van der Waals surface area contributed by atoms with Crippen molar-refractivity contribution in [2.75, 3.05) is 5.43 Å². The van der Waals surface area contributed by atoms with E-state index in [0.29, 0.717) is 0 Å². The first-order valence-electron chi connectivity index (χ1n) is 5.07. The van der Waals surface area contributed by atoms with Gasteiger partial charge >= 0.3 is 0 Å². The lowest BCUT2D eigenvalue weighted by molar-refractivity contribution is 1.23. The van der Waals surface area contributed by atoms with Gasteiger partial charge in [0.15, 0.2) is 0 Å². The lowest BCUT2D eigenvalue weighted by atomic mass is 10.1. The Morgan fingerprint density at radius 1 is 0.933 bits per heavy atom. The normalized spacial score (nSPS) is 12.1. The highest BCUT2D eigenvalue weighted by Crippen LogP contribution is 2.39. The summed E-state index contributed by atoms with van der Waals surface area (Å²) in [6, 6.07) is 14.7. The predicted molar refractivity (Wildman–Crippen MR) is 62.5 cm³/mol. The van der Waals surface area contributed by atoms with Crippen LogP contribution in [0, 0.1) is 0 Å². The van der Waals surface area contributed by atoms with E-state index in [2.05, 4.69) is 35.8 Å². The molecule has 1 aliphatic carbocycles. The van der Waals surface area contributed by atoms with Crippen molar-refractivity contribution in [1.82, 2.24) is 0 Å². The first-order chi connectivity index (χ1) is 7.40. The maximum atomic E-state index is 5.51. The van der Waals surface area contributed by atoms with Gasteiger partial charge in [-0.2, -0.15) is 0 Å². The molecule has 2 aromatic carbocycles. The quantitative estimate of drug-likeness (QED) is 0.463. The molecule has 2 nitrogen and oxygen atoms in total. The molecule has 74 valence electrons. The Kier molecular flexibility index (Phi) is 1.76. The van der Waals surface area contributed by atoms with Crippen LogP contribution >= 0.6 is 0 Å². The van der Waals surface area contributed by atoms with Gasteiger partial charge in [0.25, 0.3) is 0 Å². The molecule has 0 saturated carbocycles. The molecule has 0 heterocycles. The largest absolute Gasteiger partial charge is 0.324 e. The molecule has 0 radical (unpaired) electrons. The van der Waals surface area contributed by atoms with Crippen LogP contribution in [-0.2, 0) is 6.42 Å². The van der Waals surface area contributed by atoms with Crippen LogP contribution in [0.4, 0.5) is 5.69 Å². The molecule has 3 N–H and O–H groups in total. The van der Waals surface area contributed by atoms with Gasteiger partial charge < -0.3 is 5.43 Å². The van der Waals surface area contributed by atoms with Gasteiger partial charge in [-0.05, 0) is 28.3 Å². The Morgan fingerprint density at radius 3 is 2.60 bits per heavy atom. The minimum atomic E-state index is 0.978. The van der Waals surface area contributed by atoms with Crippen LogP contribution in [0.2, 0.25) is 0 Å². The van der Waals surface area contributed by atoms with Crippen molar-refractivity contribution in [3.8, 4) is 11.1 Å². The Balaban J connectivity index is 2.26. The second kappa shape index (κ2) is 3.11. The molecule has 0 aliphatic heterocycles. The highest BCUT2D eigenvalue weighted by atomic mass is 15.2. The molecular weight excluding hydrogens is 184 g/mol. The van der Waals surface area contributed by atoms with Crippen molar-refractivity contribution < 1.29 is 0 Å². The maximum Gasteiger partial charge on any atom is 0.0526 e. The van der Waals surface area contributed by atoms with Crippen LogP contribution in [0.3, 0.4) is 0 Å². The smallest absolute Gasteiger partial charge is 0.0526 e. The van der Waals surface area contributed by atoms with Gasteiger partial charge in [-0.25, -0.2) is 0 Å². The molecule has 0 atom stereocenters. The van der Waals surface area contributed by atoms with E-state index in [4.69, 9.17) is 5.84 Å². The number of fused-ring (bicyclic) bond motifs is 3. The molecule has 15 heavy (non-hydrogen) atoms. The molecule has 0 saturated heterocycles. The average Bonchev–Trinajstić information content (AvgIpc) is 2.67. The van der Waals surface area contributed by atoms with Gasteiger partial charge in [0, 0.05) is 6.42 Å². The summed E-state index contributed by atoms with van der Waals surface area (Å²) in [5.74, 6) is 5.51. The lowest BCUT2D eigenvalue weighted by Gasteiger charge is -2.06. The molecule has 0 aromatic heterocycles. The number of benzene rings is 2. The number of nitrogens with one attached hydrogen (secondary N) is 1. The lowest BCUT2D eigenvalue weighted by Crippen LogP contribution is -2.08. The van der Waals surface area contributed by atoms with E-state index in [9.17, 15) is 0 Å². The number of rotatable bonds is 1. The monoisotopic (exact) mass is 196 g/mol. The summed E-state index contributed by atoms with van der Waals surface area (Å²) in [6.07, 6.45) is 0.978. The van der Waals surface area contributed by atoms with Gasteiger partial charge in [-0.3, -0.25) is 5.84 Å². The molecule has 0 amide bonds. The summed E-state index contributed by atoms with van der Waals surface area (Å²) in [5.41, 5.74) is 9.13. The van der Waals surface area contributed by atoms with E-state index in [1.54, 1.807) is 0 Å². The zero-order chi connectivity index (χ0) is 10.3. The number of hydrazine groups is 1. The number of nitrogens with two attached hydrogens (primary N) is 1. The highest BCUT2D eigenvalue weighted by Gasteiger charge is 2.19. The molecule has 3 rings (SSSR count). The predicted octanol–water partition coefficient (Wildman–Crippen LogP) is 2.54. The van der Waals surface area contributed by atoms with Crippen molar-refractivity contribution >= 4 is 5.69 Å². The molecule has 0 spiro atoms. The number of hydrogen-bond donors (Lipinski definition) is 2. The summed E-state index contributed by atoms with van der Waals surface area (Å²) in [4.78, 5) is 0. The fourth-order valence-corrected chi connectivity index (χ4v) is 2.29. The minimum Gasteiger partial charge on any atom is -0.324 e. The van der Waals surface area contributed by atoms with Crippen LogP contribution < -0.4 is 11.3 Å². The molecule has 2 aromatic rings. The van der Waals surface area contributed by atoms with Crippen LogP contribution in [0.15, 0.2) is 42.5 Å². The van der Waals surface area contributed by atoms with Crippen molar-refractivity contribution in [2.24, 2.45) is 5.84 Å². The topological polar surface area (TPSA) is 38.0 Å². The zero-order valence-corrected chi connectivity index (χ0v) is 8.33. The molecule has 0 fully saturated rings. The van der Waals surface area contributed by atoms with E-state index in [1.807, 2.05) is 12.1 Å². The van der Waals surface area contributed by atoms with E-state index in [1.165, 1.54) is 22.3 Å². The van der Waals surface area contributed by atoms with Crippen molar-refractivity contribution in [3.63, 3.8) is 0 Å². The number of hydrogen-bond acceptors (Lipinski definition) is 2. The fraction of sp³-hybridized carbons (Fsp3) is 0.0769. The van der Waals surface area contributed by atoms with Gasteiger partial charge in [0.1, 0.15) is 0 Å². The first-order valence-corrected chi connectivity index (χ1v) is 5.07. The Labute approximate surface area is 88.7 Å². The van der Waals surface area contributed by atoms with Crippen LogP contribution in [0.25, 0.3) is 11.1 Å². The third-order valence-corrected chi connectivity index (χ3v) is 3.01. The zero-order valence-electron chi connectivity index (χ0n) is 8.33. The summed E-state index contributed by atoms with van der Waals surface area (Å²) in [5, 5.41) is 0. The summed E-state index contributed by atoms with van der Waals surface area (Å²) in [7, 11) is 0. The second-order valence-corrected chi connectivity index (χ2v) is 3.81. The highest BCUT2D eigenvalue weighted by molar-refractivity contribution is 5.81. The average molecular weight is 196 g/mol. The molecular formula is C13H12N2. The third kappa shape index (κ3) is 1.15. The molecule has 2 heteroatoms. The van der Waals surface area contributed by atoms with Crippen LogP contribution in [-0.4, -0.2) is 0 Å². The van der Waals surface area contributed by atoms with E-state index in [0.717, 1.165) is 12.1 Å².